The lowest BCUT2D eigenvalue weighted by molar-refractivity contribution is -0.137. The summed E-state index contributed by atoms with van der Waals surface area (Å²) in [5.74, 6) is 1.24. The summed E-state index contributed by atoms with van der Waals surface area (Å²) in [6.07, 6.45) is 1.07. The van der Waals surface area contributed by atoms with Crippen LogP contribution >= 0.6 is 0 Å². The lowest BCUT2D eigenvalue weighted by Crippen LogP contribution is -2.47. The van der Waals surface area contributed by atoms with Crippen LogP contribution in [0, 0.1) is 5.92 Å². The van der Waals surface area contributed by atoms with Crippen LogP contribution in [0.25, 0.3) is 0 Å². The maximum Gasteiger partial charge on any atom is 0.226 e. The van der Waals surface area contributed by atoms with Crippen LogP contribution in [0.5, 0.6) is 11.5 Å². The van der Waals surface area contributed by atoms with Crippen molar-refractivity contribution in [2.24, 2.45) is 5.92 Å². The van der Waals surface area contributed by atoms with Gasteiger partial charge in [-0.1, -0.05) is 13.0 Å². The Balaban J connectivity index is 2.14. The van der Waals surface area contributed by atoms with Crippen LogP contribution in [0.3, 0.4) is 0 Å². The quantitative estimate of drug-likeness (QED) is 0.611. The van der Waals surface area contributed by atoms with Crippen LogP contribution in [0.1, 0.15) is 18.9 Å². The molecule has 0 saturated carbocycles. The van der Waals surface area contributed by atoms with Crippen molar-refractivity contribution in [1.82, 2.24) is 9.80 Å². The summed E-state index contributed by atoms with van der Waals surface area (Å²) < 4.78 is 34.5. The van der Waals surface area contributed by atoms with Gasteiger partial charge in [0.25, 0.3) is 0 Å². The first-order chi connectivity index (χ1) is 13.2. The Kier molecular flexibility index (Phi) is 7.71. The highest BCUT2D eigenvalue weighted by Gasteiger charge is 2.35. The summed E-state index contributed by atoms with van der Waals surface area (Å²) in [5, 5.41) is 0. The predicted molar refractivity (Wildman–Crippen MR) is 110 cm³/mol. The maximum absolute atomic E-state index is 13.2. The van der Waals surface area contributed by atoms with Crippen molar-refractivity contribution in [2.45, 2.75) is 25.8 Å². The standard InChI is InChI=1S/C20H32N2O5S/c1-15(12-16-6-7-18(26-4)19(13-16)27-5)20(23)22(10-9-21(2)3)17-8-11-28(24,25)14-17/h6-7,13,15,17H,8-12,14H2,1-5H3. The van der Waals surface area contributed by atoms with E-state index in [1.165, 1.54) is 0 Å². The average molecular weight is 413 g/mol. The van der Waals surface area contributed by atoms with Gasteiger partial charge in [-0.05, 0) is 44.6 Å². The van der Waals surface area contributed by atoms with E-state index < -0.39 is 9.84 Å². The Hall–Kier alpha value is -1.80. The minimum Gasteiger partial charge on any atom is -0.493 e. The van der Waals surface area contributed by atoms with Gasteiger partial charge >= 0.3 is 0 Å². The first-order valence-electron chi connectivity index (χ1n) is 9.53. The highest BCUT2D eigenvalue weighted by atomic mass is 32.2. The zero-order valence-electron chi connectivity index (χ0n) is 17.5. The molecule has 158 valence electrons. The lowest BCUT2D eigenvalue weighted by Gasteiger charge is -2.32. The summed E-state index contributed by atoms with van der Waals surface area (Å²) >= 11 is 0. The van der Waals surface area contributed by atoms with Gasteiger partial charge in [-0.2, -0.15) is 0 Å². The first kappa shape index (κ1) is 22.5. The number of methoxy groups -OCH3 is 2. The van der Waals surface area contributed by atoms with Crippen LogP contribution in [0.15, 0.2) is 18.2 Å². The highest BCUT2D eigenvalue weighted by molar-refractivity contribution is 7.91. The highest BCUT2D eigenvalue weighted by Crippen LogP contribution is 2.29. The molecule has 1 aliphatic rings. The van der Waals surface area contributed by atoms with Gasteiger partial charge in [0.1, 0.15) is 0 Å². The Morgan fingerprint density at radius 1 is 1.18 bits per heavy atom. The normalized spacial score (nSPS) is 19.4. The molecule has 1 fully saturated rings. The van der Waals surface area contributed by atoms with E-state index in [0.717, 1.165) is 5.56 Å². The molecule has 0 aliphatic carbocycles. The largest absolute Gasteiger partial charge is 0.493 e. The SMILES string of the molecule is COc1ccc(CC(C)C(=O)N(CCN(C)C)C2CCS(=O)(=O)C2)cc1OC. The van der Waals surface area contributed by atoms with E-state index in [2.05, 4.69) is 0 Å². The minimum absolute atomic E-state index is 0.00117. The molecule has 1 amide bonds. The number of benzene rings is 1. The summed E-state index contributed by atoms with van der Waals surface area (Å²) in [6, 6.07) is 5.41. The number of sulfone groups is 1. The molecule has 8 heteroatoms. The number of carbonyl (C=O) groups is 1. The van der Waals surface area contributed by atoms with E-state index in [1.807, 2.05) is 44.1 Å². The molecule has 7 nitrogen and oxygen atoms in total. The monoisotopic (exact) mass is 412 g/mol. The molecule has 0 aromatic heterocycles. The molecule has 0 radical (unpaired) electrons. The molecule has 1 aromatic rings. The van der Waals surface area contributed by atoms with Crippen molar-refractivity contribution in [3.8, 4) is 11.5 Å². The van der Waals surface area contributed by atoms with Crippen molar-refractivity contribution in [3.05, 3.63) is 23.8 Å². The van der Waals surface area contributed by atoms with Gasteiger partial charge in [0.05, 0.1) is 25.7 Å². The van der Waals surface area contributed by atoms with Crippen LogP contribution in [-0.4, -0.2) is 83.1 Å². The molecule has 2 unspecified atom stereocenters. The number of amides is 1. The molecular weight excluding hydrogens is 380 g/mol. The van der Waals surface area contributed by atoms with Gasteiger partial charge in [0.15, 0.2) is 21.3 Å². The van der Waals surface area contributed by atoms with Crippen LogP contribution in [-0.2, 0) is 21.1 Å². The number of carbonyl (C=O) groups excluding carboxylic acids is 1. The summed E-state index contributed by atoms with van der Waals surface area (Å²) in [6.45, 7) is 3.12. The van der Waals surface area contributed by atoms with Gasteiger partial charge in [0.2, 0.25) is 5.91 Å². The Morgan fingerprint density at radius 2 is 1.86 bits per heavy atom. The van der Waals surface area contributed by atoms with E-state index >= 15 is 0 Å². The molecule has 0 N–H and O–H groups in total. The molecule has 0 spiro atoms. The van der Waals surface area contributed by atoms with E-state index in [9.17, 15) is 13.2 Å². The van der Waals surface area contributed by atoms with Crippen LogP contribution in [0.4, 0.5) is 0 Å². The first-order valence-corrected chi connectivity index (χ1v) is 11.4. The molecule has 1 heterocycles. The molecule has 0 bridgehead atoms. The molecule has 2 atom stereocenters. The summed E-state index contributed by atoms with van der Waals surface area (Å²) in [4.78, 5) is 17.0. The van der Waals surface area contributed by atoms with Crippen molar-refractivity contribution < 1.29 is 22.7 Å². The minimum atomic E-state index is -3.05. The Bertz CT molecular complexity index is 779. The zero-order valence-corrected chi connectivity index (χ0v) is 18.3. The van der Waals surface area contributed by atoms with Crippen LogP contribution in [0.2, 0.25) is 0 Å². The second-order valence-corrected chi connectivity index (χ2v) is 9.91. The van der Waals surface area contributed by atoms with Gasteiger partial charge in [-0.15, -0.1) is 0 Å². The van der Waals surface area contributed by atoms with E-state index in [-0.39, 0.29) is 29.4 Å². The van der Waals surface area contributed by atoms with Gasteiger partial charge in [-0.25, -0.2) is 8.42 Å². The van der Waals surface area contributed by atoms with Gasteiger partial charge < -0.3 is 19.3 Å². The molecule has 28 heavy (non-hydrogen) atoms. The van der Waals surface area contributed by atoms with Crippen LogP contribution < -0.4 is 9.47 Å². The molecule has 2 rings (SSSR count). The number of ether oxygens (including phenoxy) is 2. The predicted octanol–water partition coefficient (Wildman–Crippen LogP) is 1.46. The fraction of sp³-hybridized carbons (Fsp3) is 0.650. The fourth-order valence-corrected chi connectivity index (χ4v) is 5.26. The second kappa shape index (κ2) is 9.60. The van der Waals surface area contributed by atoms with E-state index in [4.69, 9.17) is 9.47 Å². The molecular formula is C20H32N2O5S. The smallest absolute Gasteiger partial charge is 0.226 e. The van der Waals surface area contributed by atoms with Crippen molar-refractivity contribution in [2.75, 3.05) is 52.9 Å². The van der Waals surface area contributed by atoms with Crippen molar-refractivity contribution >= 4 is 15.7 Å². The van der Waals surface area contributed by atoms with E-state index in [0.29, 0.717) is 37.4 Å². The number of likely N-dealkylation sites (N-methyl/N-ethyl adjacent to an activating group) is 1. The Labute approximate surface area is 168 Å². The lowest BCUT2D eigenvalue weighted by atomic mass is 9.98. The third kappa shape index (κ3) is 5.85. The zero-order chi connectivity index (χ0) is 20.9. The van der Waals surface area contributed by atoms with Crippen molar-refractivity contribution in [1.29, 1.82) is 0 Å². The molecule has 1 aliphatic heterocycles. The van der Waals surface area contributed by atoms with E-state index in [1.54, 1.807) is 19.1 Å². The van der Waals surface area contributed by atoms with Gasteiger partial charge in [0, 0.05) is 25.0 Å². The number of hydrogen-bond acceptors (Lipinski definition) is 6. The fourth-order valence-electron chi connectivity index (χ4n) is 3.53. The number of rotatable bonds is 9. The number of nitrogens with zero attached hydrogens (tertiary/aromatic N) is 2. The third-order valence-electron chi connectivity index (χ3n) is 5.13. The maximum atomic E-state index is 13.2. The second-order valence-electron chi connectivity index (χ2n) is 7.69. The number of hydrogen-bond donors (Lipinski definition) is 0. The van der Waals surface area contributed by atoms with Gasteiger partial charge in [-0.3, -0.25) is 4.79 Å². The average Bonchev–Trinajstić information content (AvgIpc) is 3.00. The molecule has 1 saturated heterocycles. The topological polar surface area (TPSA) is 76.2 Å². The summed E-state index contributed by atoms with van der Waals surface area (Å²) in [7, 11) is 4.01. The summed E-state index contributed by atoms with van der Waals surface area (Å²) in [5.41, 5.74) is 0.977. The molecule has 1 aromatic carbocycles. The third-order valence-corrected chi connectivity index (χ3v) is 6.88. The Morgan fingerprint density at radius 3 is 2.39 bits per heavy atom. The van der Waals surface area contributed by atoms with Crippen molar-refractivity contribution in [3.63, 3.8) is 0 Å².